The van der Waals surface area contributed by atoms with Crippen molar-refractivity contribution in [3.63, 3.8) is 0 Å². The van der Waals surface area contributed by atoms with Crippen LogP contribution in [-0.4, -0.2) is 44.9 Å². The molecule has 0 unspecified atom stereocenters. The first-order chi connectivity index (χ1) is 11.2. The minimum absolute atomic E-state index is 0.143. The molecule has 6 heteroatoms. The summed E-state index contributed by atoms with van der Waals surface area (Å²) in [6, 6.07) is 7.99. The molecular formula is C17H22N4OS. The predicted octanol–water partition coefficient (Wildman–Crippen LogP) is 2.70. The van der Waals surface area contributed by atoms with Crippen LogP contribution in [0.3, 0.4) is 0 Å². The van der Waals surface area contributed by atoms with E-state index in [0.29, 0.717) is 5.92 Å². The molecule has 0 bridgehead atoms. The Hall–Kier alpha value is -1.82. The number of benzene rings is 1. The van der Waals surface area contributed by atoms with Gasteiger partial charge in [0, 0.05) is 37.4 Å². The van der Waals surface area contributed by atoms with Gasteiger partial charge in [-0.25, -0.2) is 0 Å². The second-order valence-corrected chi connectivity index (χ2v) is 6.87. The van der Waals surface area contributed by atoms with Crippen molar-refractivity contribution in [1.29, 1.82) is 0 Å². The van der Waals surface area contributed by atoms with Gasteiger partial charge in [0.2, 0.25) is 0 Å². The van der Waals surface area contributed by atoms with Gasteiger partial charge in [0.25, 0.3) is 5.91 Å². The lowest BCUT2D eigenvalue weighted by atomic mass is 9.95. The van der Waals surface area contributed by atoms with Gasteiger partial charge in [-0.05, 0) is 36.8 Å². The van der Waals surface area contributed by atoms with E-state index in [2.05, 4.69) is 22.5 Å². The van der Waals surface area contributed by atoms with Crippen molar-refractivity contribution in [1.82, 2.24) is 19.7 Å². The maximum Gasteiger partial charge on any atom is 0.253 e. The molecule has 1 aliphatic rings. The smallest absolute Gasteiger partial charge is 0.253 e. The van der Waals surface area contributed by atoms with Crippen molar-refractivity contribution in [2.75, 3.05) is 19.3 Å². The Morgan fingerprint density at radius 1 is 1.35 bits per heavy atom. The summed E-state index contributed by atoms with van der Waals surface area (Å²) in [5.74, 6) is 2.51. The molecule has 0 atom stereocenters. The van der Waals surface area contributed by atoms with Crippen LogP contribution >= 0.6 is 11.8 Å². The Morgan fingerprint density at radius 2 is 2.13 bits per heavy atom. The molecule has 1 fully saturated rings. The minimum atomic E-state index is 0.143. The second kappa shape index (κ2) is 7.17. The maximum atomic E-state index is 12.7. The van der Waals surface area contributed by atoms with Crippen molar-refractivity contribution < 1.29 is 4.79 Å². The minimum Gasteiger partial charge on any atom is -0.339 e. The van der Waals surface area contributed by atoms with Crippen LogP contribution in [0.5, 0.6) is 0 Å². The molecule has 1 amide bonds. The summed E-state index contributed by atoms with van der Waals surface area (Å²) < 4.78 is 1.98. The van der Waals surface area contributed by atoms with E-state index in [1.165, 1.54) is 5.56 Å². The number of carbonyl (C=O) groups is 1. The van der Waals surface area contributed by atoms with E-state index in [4.69, 9.17) is 0 Å². The van der Waals surface area contributed by atoms with E-state index in [1.54, 1.807) is 18.1 Å². The molecule has 2 heterocycles. The molecule has 1 aliphatic heterocycles. The number of amides is 1. The molecule has 3 rings (SSSR count). The van der Waals surface area contributed by atoms with Crippen molar-refractivity contribution >= 4 is 17.7 Å². The SMILES string of the molecule is CSCc1cccc(C(=O)N2CCC(c3nncn3C)CC2)c1. The lowest BCUT2D eigenvalue weighted by Gasteiger charge is -2.31. The highest BCUT2D eigenvalue weighted by Crippen LogP contribution is 2.27. The second-order valence-electron chi connectivity index (χ2n) is 6.00. The number of aryl methyl sites for hydroxylation is 1. The van der Waals surface area contributed by atoms with Crippen LogP contribution in [0.4, 0.5) is 0 Å². The number of hydrogen-bond donors (Lipinski definition) is 0. The zero-order valence-electron chi connectivity index (χ0n) is 13.6. The molecule has 0 aliphatic carbocycles. The number of piperidine rings is 1. The molecule has 1 saturated heterocycles. The van der Waals surface area contributed by atoms with Crippen LogP contribution in [0.15, 0.2) is 30.6 Å². The lowest BCUT2D eigenvalue weighted by molar-refractivity contribution is 0.0710. The summed E-state index contributed by atoms with van der Waals surface area (Å²) >= 11 is 1.77. The summed E-state index contributed by atoms with van der Waals surface area (Å²) in [5, 5.41) is 8.16. The Bertz CT molecular complexity index is 677. The number of aromatic nitrogens is 3. The van der Waals surface area contributed by atoms with E-state index < -0.39 is 0 Å². The van der Waals surface area contributed by atoms with Gasteiger partial charge >= 0.3 is 0 Å². The number of nitrogens with zero attached hydrogens (tertiary/aromatic N) is 4. The number of rotatable bonds is 4. The number of thioether (sulfide) groups is 1. The van der Waals surface area contributed by atoms with Crippen molar-refractivity contribution in [3.05, 3.63) is 47.5 Å². The topological polar surface area (TPSA) is 51.0 Å². The van der Waals surface area contributed by atoms with Gasteiger partial charge in [-0.3, -0.25) is 4.79 Å². The van der Waals surface area contributed by atoms with E-state index in [0.717, 1.165) is 43.1 Å². The highest BCUT2D eigenvalue weighted by molar-refractivity contribution is 7.97. The van der Waals surface area contributed by atoms with Crippen LogP contribution in [0, 0.1) is 0 Å². The fourth-order valence-electron chi connectivity index (χ4n) is 3.15. The molecule has 0 N–H and O–H groups in total. The largest absolute Gasteiger partial charge is 0.339 e. The van der Waals surface area contributed by atoms with E-state index in [-0.39, 0.29) is 5.91 Å². The molecule has 23 heavy (non-hydrogen) atoms. The number of hydrogen-bond acceptors (Lipinski definition) is 4. The summed E-state index contributed by atoms with van der Waals surface area (Å²) in [6.45, 7) is 1.56. The number of likely N-dealkylation sites (tertiary alicyclic amines) is 1. The first-order valence-corrected chi connectivity index (χ1v) is 9.29. The van der Waals surface area contributed by atoms with Crippen LogP contribution in [0.25, 0.3) is 0 Å². The lowest BCUT2D eigenvalue weighted by Crippen LogP contribution is -2.38. The zero-order chi connectivity index (χ0) is 16.2. The van der Waals surface area contributed by atoms with Gasteiger partial charge < -0.3 is 9.47 Å². The Balaban J connectivity index is 1.64. The highest BCUT2D eigenvalue weighted by Gasteiger charge is 2.26. The first-order valence-electron chi connectivity index (χ1n) is 7.90. The van der Waals surface area contributed by atoms with Gasteiger partial charge in [0.1, 0.15) is 12.2 Å². The molecule has 122 valence electrons. The predicted molar refractivity (Wildman–Crippen MR) is 92.5 cm³/mol. The van der Waals surface area contributed by atoms with Crippen molar-refractivity contribution in [2.45, 2.75) is 24.5 Å². The van der Waals surface area contributed by atoms with E-state index in [1.807, 2.05) is 34.7 Å². The normalized spacial score (nSPS) is 15.8. The average Bonchev–Trinajstić information content (AvgIpc) is 3.01. The Labute approximate surface area is 141 Å². The molecule has 0 spiro atoms. The molecule has 2 aromatic rings. The molecule has 5 nitrogen and oxygen atoms in total. The Morgan fingerprint density at radius 3 is 2.78 bits per heavy atom. The fourth-order valence-corrected chi connectivity index (χ4v) is 3.66. The van der Waals surface area contributed by atoms with Gasteiger partial charge in [-0.1, -0.05) is 12.1 Å². The molecule has 0 radical (unpaired) electrons. The molecule has 1 aromatic carbocycles. The summed E-state index contributed by atoms with van der Waals surface area (Å²) in [6.07, 6.45) is 5.71. The van der Waals surface area contributed by atoms with Gasteiger partial charge in [0.15, 0.2) is 0 Å². The molecule has 0 saturated carbocycles. The van der Waals surface area contributed by atoms with Gasteiger partial charge in [-0.2, -0.15) is 11.8 Å². The average molecular weight is 330 g/mol. The molecular weight excluding hydrogens is 308 g/mol. The summed E-state index contributed by atoms with van der Waals surface area (Å²) in [5.41, 5.74) is 2.01. The first kappa shape index (κ1) is 16.1. The monoisotopic (exact) mass is 330 g/mol. The third kappa shape index (κ3) is 3.58. The van der Waals surface area contributed by atoms with Crippen LogP contribution in [0.1, 0.15) is 40.5 Å². The van der Waals surface area contributed by atoms with E-state index >= 15 is 0 Å². The summed E-state index contributed by atoms with van der Waals surface area (Å²) in [4.78, 5) is 14.7. The third-order valence-corrected chi connectivity index (χ3v) is 5.00. The quantitative estimate of drug-likeness (QED) is 0.865. The summed E-state index contributed by atoms with van der Waals surface area (Å²) in [7, 11) is 1.98. The fraction of sp³-hybridized carbons (Fsp3) is 0.471. The highest BCUT2D eigenvalue weighted by atomic mass is 32.2. The van der Waals surface area contributed by atoms with E-state index in [9.17, 15) is 4.79 Å². The number of carbonyl (C=O) groups excluding carboxylic acids is 1. The van der Waals surface area contributed by atoms with Crippen molar-refractivity contribution in [2.24, 2.45) is 7.05 Å². The van der Waals surface area contributed by atoms with Gasteiger partial charge in [0.05, 0.1) is 0 Å². The Kier molecular flexibility index (Phi) is 5.00. The maximum absolute atomic E-state index is 12.7. The standard InChI is InChI=1S/C17H22N4OS/c1-20-12-18-19-16(20)14-6-8-21(9-7-14)17(22)15-5-3-4-13(10-15)11-23-2/h3-5,10,12,14H,6-9,11H2,1-2H3. The van der Waals surface area contributed by atoms with Crippen LogP contribution in [-0.2, 0) is 12.8 Å². The zero-order valence-corrected chi connectivity index (χ0v) is 14.4. The van der Waals surface area contributed by atoms with Crippen LogP contribution < -0.4 is 0 Å². The van der Waals surface area contributed by atoms with Crippen LogP contribution in [0.2, 0.25) is 0 Å². The third-order valence-electron chi connectivity index (χ3n) is 4.38. The van der Waals surface area contributed by atoms with Gasteiger partial charge in [-0.15, -0.1) is 10.2 Å². The van der Waals surface area contributed by atoms with Crippen molar-refractivity contribution in [3.8, 4) is 0 Å². The molecule has 1 aromatic heterocycles.